The number of ether oxygens (including phenoxy) is 2. The number of hydrogen-bond acceptors (Lipinski definition) is 6. The summed E-state index contributed by atoms with van der Waals surface area (Å²) in [5, 5.41) is -5.76. The van der Waals surface area contributed by atoms with Crippen molar-refractivity contribution in [3.63, 3.8) is 0 Å². The Balaban J connectivity index is 2.52. The molecule has 0 amide bonds. The molecule has 0 unspecified atom stereocenters. The predicted octanol–water partition coefficient (Wildman–Crippen LogP) is 3.23. The quantitative estimate of drug-likeness (QED) is 0.177. The zero-order valence-electron chi connectivity index (χ0n) is 15.1. The Morgan fingerprint density at radius 3 is 2.19 bits per heavy atom. The monoisotopic (exact) mass is 419 g/mol. The largest absolute Gasteiger partial charge is 0.743 e. The van der Waals surface area contributed by atoms with Gasteiger partial charge in [0.25, 0.3) is 0 Å². The molecule has 0 spiro atoms. The number of carbonyl (C=O) groups excluding carboxylic acids is 1. The molecular formula is C16H23F4O6S-. The predicted molar refractivity (Wildman–Crippen MR) is 86.3 cm³/mol. The number of carbonyl (C=O) groups is 1. The highest BCUT2D eigenvalue weighted by atomic mass is 32.2. The Kier molecular flexibility index (Phi) is 7.45. The molecule has 0 atom stereocenters. The molecule has 0 N–H and O–H groups in total. The first-order chi connectivity index (χ1) is 12.2. The molecule has 0 aromatic carbocycles. The van der Waals surface area contributed by atoms with Crippen LogP contribution in [0.15, 0.2) is 12.2 Å². The van der Waals surface area contributed by atoms with E-state index in [0.717, 1.165) is 12.8 Å². The van der Waals surface area contributed by atoms with Crippen LogP contribution in [-0.2, 0) is 24.4 Å². The Bertz CT molecular complexity index is 654. The van der Waals surface area contributed by atoms with Crippen LogP contribution in [0.1, 0.15) is 46.0 Å². The van der Waals surface area contributed by atoms with Gasteiger partial charge in [-0.05, 0) is 31.6 Å². The maximum Gasteiger partial charge on any atom is 0.396 e. The minimum Gasteiger partial charge on any atom is -0.743 e. The summed E-state index contributed by atoms with van der Waals surface area (Å²) in [5.74, 6) is -5.82. The molecule has 0 radical (unpaired) electrons. The average Bonchev–Trinajstić information content (AvgIpc) is 2.99. The van der Waals surface area contributed by atoms with Crippen molar-refractivity contribution >= 4 is 16.1 Å². The third kappa shape index (κ3) is 5.41. The summed E-state index contributed by atoms with van der Waals surface area (Å²) in [6.07, 6.45) is 1.46. The SMILES string of the molecule is C=C(COCCC(F)(F)C(F)(F)S(=O)(=O)[O-])C(=O)OC1(C(C)C)CCCC1. The molecule has 1 rings (SSSR count). The summed E-state index contributed by atoms with van der Waals surface area (Å²) in [6.45, 7) is 5.67. The van der Waals surface area contributed by atoms with Crippen molar-refractivity contribution in [3.05, 3.63) is 12.2 Å². The van der Waals surface area contributed by atoms with Crippen molar-refractivity contribution in [1.82, 2.24) is 0 Å². The molecule has 0 bridgehead atoms. The third-order valence-corrected chi connectivity index (χ3v) is 5.59. The second kappa shape index (κ2) is 8.44. The first-order valence-electron chi connectivity index (χ1n) is 8.36. The van der Waals surface area contributed by atoms with E-state index >= 15 is 0 Å². The molecule has 27 heavy (non-hydrogen) atoms. The van der Waals surface area contributed by atoms with Crippen molar-refractivity contribution < 1.29 is 44.8 Å². The molecular weight excluding hydrogens is 396 g/mol. The molecule has 0 aromatic heterocycles. The average molecular weight is 419 g/mol. The maximum absolute atomic E-state index is 13.3. The van der Waals surface area contributed by atoms with E-state index in [1.165, 1.54) is 0 Å². The second-order valence-corrected chi connectivity index (χ2v) is 8.32. The van der Waals surface area contributed by atoms with Gasteiger partial charge in [-0.15, -0.1) is 0 Å². The lowest BCUT2D eigenvalue weighted by atomic mass is 9.88. The third-order valence-electron chi connectivity index (χ3n) is 4.66. The highest BCUT2D eigenvalue weighted by Gasteiger charge is 2.61. The summed E-state index contributed by atoms with van der Waals surface area (Å²) >= 11 is 0. The summed E-state index contributed by atoms with van der Waals surface area (Å²) < 4.78 is 93.5. The van der Waals surface area contributed by atoms with Crippen molar-refractivity contribution in [2.75, 3.05) is 13.2 Å². The van der Waals surface area contributed by atoms with Gasteiger partial charge in [-0.1, -0.05) is 20.4 Å². The van der Waals surface area contributed by atoms with Gasteiger partial charge in [0.15, 0.2) is 10.1 Å². The van der Waals surface area contributed by atoms with E-state index in [4.69, 9.17) is 9.47 Å². The molecule has 1 aliphatic rings. The second-order valence-electron chi connectivity index (χ2n) is 6.90. The number of hydrogen-bond donors (Lipinski definition) is 0. The highest BCUT2D eigenvalue weighted by Crippen LogP contribution is 2.41. The van der Waals surface area contributed by atoms with Crippen molar-refractivity contribution in [3.8, 4) is 0 Å². The maximum atomic E-state index is 13.3. The zero-order valence-corrected chi connectivity index (χ0v) is 15.9. The summed E-state index contributed by atoms with van der Waals surface area (Å²) in [4.78, 5) is 12.1. The Hall–Kier alpha value is -1.20. The van der Waals surface area contributed by atoms with Gasteiger partial charge in [0.2, 0.25) is 0 Å². The molecule has 0 aliphatic heterocycles. The normalized spacial score (nSPS) is 17.9. The first-order valence-corrected chi connectivity index (χ1v) is 9.77. The number of halogens is 4. The lowest BCUT2D eigenvalue weighted by Gasteiger charge is -2.33. The van der Waals surface area contributed by atoms with Gasteiger partial charge in [-0.25, -0.2) is 13.2 Å². The molecule has 0 aromatic rings. The molecule has 1 aliphatic carbocycles. The van der Waals surface area contributed by atoms with Crippen LogP contribution in [-0.4, -0.2) is 48.9 Å². The smallest absolute Gasteiger partial charge is 0.396 e. The van der Waals surface area contributed by atoms with Crippen LogP contribution in [0.25, 0.3) is 0 Å². The van der Waals surface area contributed by atoms with E-state index in [0.29, 0.717) is 12.8 Å². The van der Waals surface area contributed by atoms with E-state index in [2.05, 4.69) is 6.58 Å². The number of esters is 1. The Morgan fingerprint density at radius 2 is 1.74 bits per heavy atom. The van der Waals surface area contributed by atoms with Crippen LogP contribution < -0.4 is 0 Å². The van der Waals surface area contributed by atoms with Gasteiger partial charge < -0.3 is 14.0 Å². The van der Waals surface area contributed by atoms with E-state index in [9.17, 15) is 35.3 Å². The van der Waals surface area contributed by atoms with Crippen LogP contribution in [0.5, 0.6) is 0 Å². The molecule has 0 heterocycles. The van der Waals surface area contributed by atoms with Crippen molar-refractivity contribution in [2.24, 2.45) is 5.92 Å². The summed E-state index contributed by atoms with van der Waals surface area (Å²) in [5.41, 5.74) is -0.814. The van der Waals surface area contributed by atoms with Crippen LogP contribution in [0, 0.1) is 5.92 Å². The van der Waals surface area contributed by atoms with Gasteiger partial charge in [-0.3, -0.25) is 0 Å². The fraction of sp³-hybridized carbons (Fsp3) is 0.812. The van der Waals surface area contributed by atoms with E-state index < -0.39 is 52.5 Å². The minimum atomic E-state index is -6.54. The van der Waals surface area contributed by atoms with Crippen molar-refractivity contribution in [1.29, 1.82) is 0 Å². The number of rotatable bonds is 10. The first kappa shape index (κ1) is 23.8. The van der Waals surface area contributed by atoms with Gasteiger partial charge in [0.05, 0.1) is 18.8 Å². The standard InChI is InChI=1S/C16H24F4O6S/c1-11(2)14(6-4-5-7-14)26-13(21)12(3)10-25-9-8-15(17,18)16(19,20)27(22,23)24/h11H,3-10H2,1-2H3,(H,22,23,24)/p-1. The van der Waals surface area contributed by atoms with Crippen LogP contribution in [0.4, 0.5) is 17.6 Å². The van der Waals surface area contributed by atoms with Gasteiger partial charge in [-0.2, -0.15) is 17.6 Å². The fourth-order valence-electron chi connectivity index (χ4n) is 2.81. The van der Waals surface area contributed by atoms with E-state index in [1.807, 2.05) is 13.8 Å². The van der Waals surface area contributed by atoms with E-state index in [-0.39, 0.29) is 11.5 Å². The molecule has 0 saturated heterocycles. The van der Waals surface area contributed by atoms with Crippen LogP contribution in [0.2, 0.25) is 0 Å². The Morgan fingerprint density at radius 1 is 1.22 bits per heavy atom. The zero-order chi connectivity index (χ0) is 21.1. The summed E-state index contributed by atoms with van der Waals surface area (Å²) in [6, 6.07) is 0. The van der Waals surface area contributed by atoms with Crippen molar-refractivity contribution in [2.45, 2.75) is 62.7 Å². The summed E-state index contributed by atoms with van der Waals surface area (Å²) in [7, 11) is -6.54. The minimum absolute atomic E-state index is 0.0626. The Labute approximate surface area is 155 Å². The molecule has 11 heteroatoms. The van der Waals surface area contributed by atoms with Gasteiger partial charge in [0.1, 0.15) is 5.60 Å². The van der Waals surface area contributed by atoms with Crippen LogP contribution in [0.3, 0.4) is 0 Å². The van der Waals surface area contributed by atoms with Crippen LogP contribution >= 0.6 is 0 Å². The van der Waals surface area contributed by atoms with Gasteiger partial charge >= 0.3 is 17.1 Å². The van der Waals surface area contributed by atoms with Gasteiger partial charge in [0, 0.05) is 6.42 Å². The molecule has 6 nitrogen and oxygen atoms in total. The lowest BCUT2D eigenvalue weighted by molar-refractivity contribution is -0.171. The fourth-order valence-corrected chi connectivity index (χ4v) is 3.28. The van der Waals surface area contributed by atoms with E-state index in [1.54, 1.807) is 0 Å². The number of alkyl halides is 4. The molecule has 158 valence electrons. The molecule has 1 saturated carbocycles. The topological polar surface area (TPSA) is 92.7 Å². The lowest BCUT2D eigenvalue weighted by Crippen LogP contribution is -2.47. The highest BCUT2D eigenvalue weighted by molar-refractivity contribution is 7.86. The molecule has 1 fully saturated rings.